The molecule has 3 rings (SSSR count). The molecule has 0 spiro atoms. The predicted octanol–water partition coefficient (Wildman–Crippen LogP) is 3.34. The molecular formula is C21H23FN2O3. The van der Waals surface area contributed by atoms with Crippen molar-refractivity contribution in [3.05, 3.63) is 59.4 Å². The van der Waals surface area contributed by atoms with Crippen LogP contribution in [0.25, 0.3) is 0 Å². The van der Waals surface area contributed by atoms with E-state index in [-0.39, 0.29) is 43.1 Å². The second kappa shape index (κ2) is 8.20. The van der Waals surface area contributed by atoms with E-state index in [9.17, 15) is 14.0 Å². The monoisotopic (exact) mass is 370 g/mol. The largest absolute Gasteiger partial charge is 0.487 e. The molecule has 1 N–H and O–H groups in total. The van der Waals surface area contributed by atoms with Gasteiger partial charge in [-0.05, 0) is 37.6 Å². The van der Waals surface area contributed by atoms with Crippen LogP contribution in [0, 0.1) is 12.7 Å². The highest BCUT2D eigenvalue weighted by Crippen LogP contribution is 2.34. The van der Waals surface area contributed by atoms with Crippen molar-refractivity contribution < 1.29 is 18.7 Å². The summed E-state index contributed by atoms with van der Waals surface area (Å²) in [6, 6.07) is 12.0. The quantitative estimate of drug-likeness (QED) is 0.878. The Morgan fingerprint density at radius 2 is 2.00 bits per heavy atom. The van der Waals surface area contributed by atoms with Crippen molar-refractivity contribution in [1.82, 2.24) is 5.32 Å². The molecule has 2 aromatic rings. The number of anilines is 1. The van der Waals surface area contributed by atoms with Crippen LogP contribution in [0.3, 0.4) is 0 Å². The number of halogens is 1. The van der Waals surface area contributed by atoms with Crippen LogP contribution in [0.15, 0.2) is 42.5 Å². The van der Waals surface area contributed by atoms with Gasteiger partial charge < -0.3 is 15.0 Å². The molecule has 0 bridgehead atoms. The third-order valence-corrected chi connectivity index (χ3v) is 4.47. The average Bonchev–Trinajstić information content (AvgIpc) is 2.65. The molecule has 1 atom stereocenters. The normalized spacial score (nSPS) is 15.7. The summed E-state index contributed by atoms with van der Waals surface area (Å²) in [6.45, 7) is 4.42. The lowest BCUT2D eigenvalue weighted by Crippen LogP contribution is -2.42. The third kappa shape index (κ3) is 4.64. The van der Waals surface area contributed by atoms with Crippen molar-refractivity contribution in [2.24, 2.45) is 0 Å². The molecule has 27 heavy (non-hydrogen) atoms. The van der Waals surface area contributed by atoms with Crippen molar-refractivity contribution in [2.75, 3.05) is 11.4 Å². The van der Waals surface area contributed by atoms with Gasteiger partial charge in [0.05, 0.1) is 12.2 Å². The molecule has 1 heterocycles. The molecule has 1 aliphatic heterocycles. The van der Waals surface area contributed by atoms with E-state index in [2.05, 4.69) is 5.32 Å². The van der Waals surface area contributed by atoms with Crippen molar-refractivity contribution in [2.45, 2.75) is 39.3 Å². The first-order valence-corrected chi connectivity index (χ1v) is 9.02. The number of hydrogen-bond donors (Lipinski definition) is 1. The maximum atomic E-state index is 13.6. The van der Waals surface area contributed by atoms with Crippen LogP contribution in [0.1, 0.15) is 30.9 Å². The van der Waals surface area contributed by atoms with Gasteiger partial charge in [-0.15, -0.1) is 0 Å². The number of amides is 2. The number of aryl methyl sites for hydroxylation is 1. The smallest absolute Gasteiger partial charge is 0.227 e. The number of hydrogen-bond acceptors (Lipinski definition) is 3. The van der Waals surface area contributed by atoms with E-state index in [4.69, 9.17) is 4.74 Å². The molecule has 1 aliphatic rings. The Morgan fingerprint density at radius 1 is 1.22 bits per heavy atom. The zero-order valence-electron chi connectivity index (χ0n) is 15.5. The van der Waals surface area contributed by atoms with Gasteiger partial charge in [-0.1, -0.05) is 24.3 Å². The zero-order valence-corrected chi connectivity index (χ0v) is 15.5. The minimum Gasteiger partial charge on any atom is -0.487 e. The Morgan fingerprint density at radius 3 is 2.78 bits per heavy atom. The van der Waals surface area contributed by atoms with E-state index in [0.717, 1.165) is 11.3 Å². The lowest BCUT2D eigenvalue weighted by Gasteiger charge is -2.33. The first-order valence-electron chi connectivity index (χ1n) is 9.02. The van der Waals surface area contributed by atoms with Gasteiger partial charge in [0, 0.05) is 24.9 Å². The van der Waals surface area contributed by atoms with Crippen LogP contribution in [0.5, 0.6) is 5.75 Å². The summed E-state index contributed by atoms with van der Waals surface area (Å²) >= 11 is 0. The number of nitrogens with zero attached hydrogens (tertiary/aromatic N) is 1. The molecule has 0 unspecified atom stereocenters. The first kappa shape index (κ1) is 18.9. The number of ether oxygens (including phenoxy) is 1. The van der Waals surface area contributed by atoms with Gasteiger partial charge in [0.25, 0.3) is 0 Å². The SMILES string of the molecule is Cc1ccc2c(c1)N(C(=O)CCC(=O)NCc1ccccc1F)C[C@@H](C)O2. The summed E-state index contributed by atoms with van der Waals surface area (Å²) in [7, 11) is 0. The summed E-state index contributed by atoms with van der Waals surface area (Å²) in [6.07, 6.45) is 0.0302. The first-order chi connectivity index (χ1) is 12.9. The molecule has 142 valence electrons. The van der Waals surface area contributed by atoms with E-state index in [1.165, 1.54) is 6.07 Å². The topological polar surface area (TPSA) is 58.6 Å². The molecule has 0 saturated carbocycles. The minimum absolute atomic E-state index is 0.0557. The predicted molar refractivity (Wildman–Crippen MR) is 101 cm³/mol. The number of benzene rings is 2. The van der Waals surface area contributed by atoms with E-state index < -0.39 is 0 Å². The van der Waals surface area contributed by atoms with Crippen molar-refractivity contribution in [1.29, 1.82) is 0 Å². The van der Waals surface area contributed by atoms with E-state index in [0.29, 0.717) is 17.9 Å². The highest BCUT2D eigenvalue weighted by Gasteiger charge is 2.27. The van der Waals surface area contributed by atoms with Crippen molar-refractivity contribution in [3.8, 4) is 5.75 Å². The number of rotatable bonds is 5. The number of fused-ring (bicyclic) bond motifs is 1. The molecule has 2 aromatic carbocycles. The summed E-state index contributed by atoms with van der Waals surface area (Å²) in [4.78, 5) is 26.4. The molecule has 0 aromatic heterocycles. The van der Waals surface area contributed by atoms with Crippen LogP contribution in [0.2, 0.25) is 0 Å². The van der Waals surface area contributed by atoms with Gasteiger partial charge in [0.15, 0.2) is 0 Å². The third-order valence-electron chi connectivity index (χ3n) is 4.47. The lowest BCUT2D eigenvalue weighted by molar-refractivity contribution is -0.125. The molecule has 2 amide bonds. The number of carbonyl (C=O) groups is 2. The molecule has 5 nitrogen and oxygen atoms in total. The van der Waals surface area contributed by atoms with Gasteiger partial charge in [-0.25, -0.2) is 4.39 Å². The van der Waals surface area contributed by atoms with Gasteiger partial charge >= 0.3 is 0 Å². The molecule has 6 heteroatoms. The fourth-order valence-corrected chi connectivity index (χ4v) is 3.06. The van der Waals surface area contributed by atoms with Crippen LogP contribution in [0.4, 0.5) is 10.1 Å². The Bertz CT molecular complexity index is 853. The second-order valence-electron chi connectivity index (χ2n) is 6.77. The fraction of sp³-hybridized carbons (Fsp3) is 0.333. The molecule has 0 aliphatic carbocycles. The molecular weight excluding hydrogens is 347 g/mol. The van der Waals surface area contributed by atoms with Crippen LogP contribution >= 0.6 is 0 Å². The van der Waals surface area contributed by atoms with E-state index in [1.54, 1.807) is 23.1 Å². The van der Waals surface area contributed by atoms with Crippen molar-refractivity contribution >= 4 is 17.5 Å². The molecule has 0 fully saturated rings. The Labute approximate surface area is 158 Å². The highest BCUT2D eigenvalue weighted by atomic mass is 19.1. The van der Waals surface area contributed by atoms with Crippen molar-refractivity contribution in [3.63, 3.8) is 0 Å². The summed E-state index contributed by atoms with van der Waals surface area (Å²) < 4.78 is 19.4. The van der Waals surface area contributed by atoms with Gasteiger partial charge in [-0.2, -0.15) is 0 Å². The highest BCUT2D eigenvalue weighted by molar-refractivity contribution is 5.97. The van der Waals surface area contributed by atoms with Gasteiger partial charge in [-0.3, -0.25) is 9.59 Å². The van der Waals surface area contributed by atoms with E-state index >= 15 is 0 Å². The lowest BCUT2D eigenvalue weighted by atomic mass is 10.1. The maximum absolute atomic E-state index is 13.6. The Kier molecular flexibility index (Phi) is 5.74. The minimum atomic E-state index is -0.358. The second-order valence-corrected chi connectivity index (χ2v) is 6.77. The standard InChI is InChI=1S/C21H23FN2O3/c1-14-7-8-19-18(11-14)24(13-15(2)27-19)21(26)10-9-20(25)23-12-16-5-3-4-6-17(16)22/h3-8,11,15H,9-10,12-13H2,1-2H3,(H,23,25)/t15-/m1/s1. The average molecular weight is 370 g/mol. The molecule has 0 saturated heterocycles. The van der Waals surface area contributed by atoms with Crippen LogP contribution < -0.4 is 15.0 Å². The number of carbonyl (C=O) groups excluding carboxylic acids is 2. The molecule has 0 radical (unpaired) electrons. The number of nitrogens with one attached hydrogen (secondary N) is 1. The Hall–Kier alpha value is -2.89. The van der Waals surface area contributed by atoms with Crippen LogP contribution in [-0.4, -0.2) is 24.5 Å². The fourth-order valence-electron chi connectivity index (χ4n) is 3.06. The summed E-state index contributed by atoms with van der Waals surface area (Å²) in [5.41, 5.74) is 2.20. The van der Waals surface area contributed by atoms with Crippen LogP contribution in [-0.2, 0) is 16.1 Å². The Balaban J connectivity index is 1.57. The van der Waals surface area contributed by atoms with Gasteiger partial charge in [0.1, 0.15) is 17.7 Å². The zero-order chi connectivity index (χ0) is 19.4. The van der Waals surface area contributed by atoms with E-state index in [1.807, 2.05) is 32.0 Å². The van der Waals surface area contributed by atoms with Gasteiger partial charge in [0.2, 0.25) is 11.8 Å². The summed E-state index contributed by atoms with van der Waals surface area (Å²) in [5, 5.41) is 2.66. The maximum Gasteiger partial charge on any atom is 0.227 e. The summed E-state index contributed by atoms with van der Waals surface area (Å²) in [5.74, 6) is -0.0877.